The number of carbonyl (C=O) groups excluding carboxylic acids is 2. The van der Waals surface area contributed by atoms with Crippen LogP contribution in [-0.2, 0) is 15.0 Å². The van der Waals surface area contributed by atoms with E-state index in [1.54, 1.807) is 4.90 Å². The summed E-state index contributed by atoms with van der Waals surface area (Å²) in [4.78, 5) is 24.8. The van der Waals surface area contributed by atoms with E-state index in [0.29, 0.717) is 25.9 Å². The number of nitrogens with zero attached hydrogens (tertiary/aromatic N) is 1. The molecule has 0 bridgehead atoms. The lowest BCUT2D eigenvalue weighted by molar-refractivity contribution is -0.134. The second-order valence-corrected chi connectivity index (χ2v) is 9.10. The van der Waals surface area contributed by atoms with Gasteiger partial charge in [0.05, 0.1) is 0 Å². The van der Waals surface area contributed by atoms with Crippen LogP contribution in [0.25, 0.3) is 0 Å². The number of rotatable bonds is 5. The molecule has 1 fully saturated rings. The summed E-state index contributed by atoms with van der Waals surface area (Å²) in [6.45, 7) is 9.58. The highest BCUT2D eigenvalue weighted by Gasteiger charge is 2.26. The minimum atomic E-state index is -1.07. The molecule has 7 heteroatoms. The van der Waals surface area contributed by atoms with Gasteiger partial charge in [-0.15, -0.1) is 0 Å². The van der Waals surface area contributed by atoms with Gasteiger partial charge in [-0.2, -0.15) is 0 Å². The maximum Gasteiger partial charge on any atom is 0.260 e. The summed E-state index contributed by atoms with van der Waals surface area (Å²) in [5.41, 5.74) is 2.19. The van der Waals surface area contributed by atoms with Gasteiger partial charge >= 0.3 is 0 Å². The zero-order valence-electron chi connectivity index (χ0n) is 16.4. The van der Waals surface area contributed by atoms with Gasteiger partial charge in [0.2, 0.25) is 0 Å². The highest BCUT2D eigenvalue weighted by Crippen LogP contribution is 2.32. The fourth-order valence-electron chi connectivity index (χ4n) is 3.12. The van der Waals surface area contributed by atoms with Gasteiger partial charge in [0.15, 0.2) is 11.4 Å². The Kier molecular flexibility index (Phi) is 7.40. The third-order valence-corrected chi connectivity index (χ3v) is 5.08. The Balaban J connectivity index is 1.88. The third kappa shape index (κ3) is 6.28. The van der Waals surface area contributed by atoms with E-state index < -0.39 is 4.84 Å². The first-order valence-corrected chi connectivity index (χ1v) is 10.1. The van der Waals surface area contributed by atoms with Gasteiger partial charge < -0.3 is 15.0 Å². The zero-order chi connectivity index (χ0) is 20.2. The van der Waals surface area contributed by atoms with Gasteiger partial charge in [0, 0.05) is 19.1 Å². The molecule has 0 saturated carbocycles. The smallest absolute Gasteiger partial charge is 0.260 e. The van der Waals surface area contributed by atoms with Gasteiger partial charge in [0.1, 0.15) is 5.75 Å². The molecule has 1 heterocycles. The SMILES string of the molecule is Cc1ccc(OCC(=O)N2CCC(NC(=O)C(Cl)Cl)CC2)c(C(C)(C)C)c1. The van der Waals surface area contributed by atoms with Crippen LogP contribution in [0.15, 0.2) is 18.2 Å². The lowest BCUT2D eigenvalue weighted by Gasteiger charge is -2.32. The van der Waals surface area contributed by atoms with Gasteiger partial charge in [-0.05, 0) is 36.8 Å². The molecule has 150 valence electrons. The molecule has 27 heavy (non-hydrogen) atoms. The number of aryl methyl sites for hydroxylation is 1. The number of carbonyl (C=O) groups is 2. The maximum absolute atomic E-state index is 12.5. The first kappa shape index (κ1) is 21.8. The lowest BCUT2D eigenvalue weighted by Crippen LogP contribution is -2.48. The van der Waals surface area contributed by atoms with Crippen LogP contribution in [0.4, 0.5) is 0 Å². The summed E-state index contributed by atoms with van der Waals surface area (Å²) >= 11 is 11.1. The van der Waals surface area contributed by atoms with Crippen LogP contribution in [0.3, 0.4) is 0 Å². The molecule has 5 nitrogen and oxygen atoms in total. The van der Waals surface area contributed by atoms with Gasteiger partial charge in [-0.25, -0.2) is 0 Å². The van der Waals surface area contributed by atoms with Crippen molar-refractivity contribution in [1.29, 1.82) is 0 Å². The minimum absolute atomic E-state index is 0.00735. The predicted octanol–water partition coefficient (Wildman–Crippen LogP) is 3.58. The standard InChI is InChI=1S/C20H28Cl2N2O3/c1-13-5-6-16(15(11-13)20(2,3)4)27-12-17(25)24-9-7-14(8-10-24)23-19(26)18(21)22/h5-6,11,14,18H,7-10,12H2,1-4H3,(H,23,26). The molecular weight excluding hydrogens is 387 g/mol. The van der Waals surface area contributed by atoms with Crippen molar-refractivity contribution in [3.05, 3.63) is 29.3 Å². The molecule has 0 radical (unpaired) electrons. The van der Waals surface area contributed by atoms with Crippen LogP contribution >= 0.6 is 23.2 Å². The second kappa shape index (κ2) is 9.16. The van der Waals surface area contributed by atoms with Crippen molar-refractivity contribution in [2.45, 2.75) is 56.8 Å². The van der Waals surface area contributed by atoms with Crippen LogP contribution in [0.2, 0.25) is 0 Å². The fraction of sp³-hybridized carbons (Fsp3) is 0.600. The molecule has 1 saturated heterocycles. The van der Waals surface area contributed by atoms with Crippen molar-refractivity contribution in [3.8, 4) is 5.75 Å². The average Bonchev–Trinajstić information content (AvgIpc) is 2.60. The van der Waals surface area contributed by atoms with E-state index in [-0.39, 0.29) is 29.9 Å². The van der Waals surface area contributed by atoms with Crippen molar-refractivity contribution in [2.24, 2.45) is 0 Å². The van der Waals surface area contributed by atoms with Gasteiger partial charge in [-0.1, -0.05) is 61.7 Å². The Morgan fingerprint density at radius 3 is 2.44 bits per heavy atom. The Hall–Kier alpha value is -1.46. The molecular formula is C20H28Cl2N2O3. The number of alkyl halides is 2. The molecule has 1 N–H and O–H groups in total. The Bertz CT molecular complexity index is 678. The summed E-state index contributed by atoms with van der Waals surface area (Å²) in [6, 6.07) is 6.02. The van der Waals surface area contributed by atoms with E-state index in [1.165, 1.54) is 5.56 Å². The average molecular weight is 415 g/mol. The number of likely N-dealkylation sites (tertiary alicyclic amines) is 1. The van der Waals surface area contributed by atoms with E-state index in [1.807, 2.05) is 19.1 Å². The Morgan fingerprint density at radius 1 is 1.26 bits per heavy atom. The first-order valence-electron chi connectivity index (χ1n) is 9.18. The number of hydrogen-bond acceptors (Lipinski definition) is 3. The van der Waals surface area contributed by atoms with E-state index in [4.69, 9.17) is 27.9 Å². The number of piperidine rings is 1. The van der Waals surface area contributed by atoms with Crippen molar-refractivity contribution in [3.63, 3.8) is 0 Å². The molecule has 2 rings (SSSR count). The molecule has 1 aliphatic rings. The topological polar surface area (TPSA) is 58.6 Å². The summed E-state index contributed by atoms with van der Waals surface area (Å²) in [5, 5.41) is 2.79. The normalized spacial score (nSPS) is 15.7. The number of halogens is 2. The number of benzene rings is 1. The monoisotopic (exact) mass is 414 g/mol. The Labute approximate surface area is 171 Å². The predicted molar refractivity (Wildman–Crippen MR) is 109 cm³/mol. The van der Waals surface area contributed by atoms with Crippen molar-refractivity contribution >= 4 is 35.0 Å². The van der Waals surface area contributed by atoms with E-state index >= 15 is 0 Å². The zero-order valence-corrected chi connectivity index (χ0v) is 17.9. The highest BCUT2D eigenvalue weighted by molar-refractivity contribution is 6.53. The molecule has 1 aliphatic heterocycles. The van der Waals surface area contributed by atoms with Gasteiger partial charge in [0.25, 0.3) is 11.8 Å². The van der Waals surface area contributed by atoms with Gasteiger partial charge in [-0.3, -0.25) is 9.59 Å². The van der Waals surface area contributed by atoms with E-state index in [9.17, 15) is 9.59 Å². The summed E-state index contributed by atoms with van der Waals surface area (Å²) in [7, 11) is 0. The number of nitrogens with one attached hydrogen (secondary N) is 1. The fourth-order valence-corrected chi connectivity index (χ4v) is 3.25. The lowest BCUT2D eigenvalue weighted by atomic mass is 9.85. The number of amides is 2. The van der Waals surface area contributed by atoms with Crippen molar-refractivity contribution in [2.75, 3.05) is 19.7 Å². The summed E-state index contributed by atoms with van der Waals surface area (Å²) in [6.07, 6.45) is 1.35. The molecule has 0 spiro atoms. The molecule has 0 aliphatic carbocycles. The molecule has 2 amide bonds. The molecule has 0 unspecified atom stereocenters. The highest BCUT2D eigenvalue weighted by atomic mass is 35.5. The van der Waals surface area contributed by atoms with Crippen LogP contribution in [0, 0.1) is 6.92 Å². The number of ether oxygens (including phenoxy) is 1. The largest absolute Gasteiger partial charge is 0.483 e. The van der Waals surface area contributed by atoms with Crippen LogP contribution in [0.5, 0.6) is 5.75 Å². The molecule has 1 aromatic carbocycles. The molecule has 0 aromatic heterocycles. The summed E-state index contributed by atoms with van der Waals surface area (Å²) < 4.78 is 5.86. The third-order valence-electron chi connectivity index (χ3n) is 4.69. The first-order chi connectivity index (χ1) is 12.6. The van der Waals surface area contributed by atoms with E-state index in [2.05, 4.69) is 32.2 Å². The quantitative estimate of drug-likeness (QED) is 0.748. The van der Waals surface area contributed by atoms with E-state index in [0.717, 1.165) is 11.3 Å². The Morgan fingerprint density at radius 2 is 1.89 bits per heavy atom. The molecule has 0 atom stereocenters. The van der Waals surface area contributed by atoms with Crippen LogP contribution in [-0.4, -0.2) is 47.3 Å². The molecule has 1 aromatic rings. The van der Waals surface area contributed by atoms with Crippen molar-refractivity contribution in [1.82, 2.24) is 10.2 Å². The second-order valence-electron chi connectivity index (χ2n) is 8.00. The van der Waals surface area contributed by atoms with Crippen molar-refractivity contribution < 1.29 is 14.3 Å². The van der Waals surface area contributed by atoms with Crippen LogP contribution < -0.4 is 10.1 Å². The minimum Gasteiger partial charge on any atom is -0.483 e. The number of hydrogen-bond donors (Lipinski definition) is 1. The summed E-state index contributed by atoms with van der Waals surface area (Å²) in [5.74, 6) is 0.312. The maximum atomic E-state index is 12.5. The van der Waals surface area contributed by atoms with Crippen LogP contribution in [0.1, 0.15) is 44.7 Å².